The van der Waals surface area contributed by atoms with Gasteiger partial charge in [-0.25, -0.2) is 8.42 Å². The minimum atomic E-state index is -4.51. The van der Waals surface area contributed by atoms with E-state index in [-0.39, 0.29) is 24.3 Å². The number of carbonyl (C=O) groups excluding carboxylic acids is 1. The van der Waals surface area contributed by atoms with E-state index in [1.165, 1.54) is 28.8 Å². The molecule has 0 aliphatic carbocycles. The summed E-state index contributed by atoms with van der Waals surface area (Å²) in [6.07, 6.45) is -0.263. The molecule has 1 aliphatic rings. The van der Waals surface area contributed by atoms with Crippen LogP contribution < -0.4 is 5.32 Å². The van der Waals surface area contributed by atoms with Gasteiger partial charge in [0.1, 0.15) is 0 Å². The van der Waals surface area contributed by atoms with Crippen LogP contribution >= 0.6 is 0 Å². The molecular weight excluding hydrogens is 383 g/mol. The molecule has 0 radical (unpaired) electrons. The molecule has 1 aliphatic heterocycles. The van der Waals surface area contributed by atoms with E-state index in [9.17, 15) is 26.4 Å². The van der Waals surface area contributed by atoms with Gasteiger partial charge in [-0.05, 0) is 35.7 Å². The SMILES string of the molecule is CS(=O)(=O)N1CCc2c(cncc2C(=O)Nc2cccc(C(F)(F)F)c2)C1. The van der Waals surface area contributed by atoms with E-state index in [2.05, 4.69) is 10.3 Å². The number of carbonyl (C=O) groups is 1. The number of fused-ring (bicyclic) bond motifs is 1. The number of rotatable bonds is 3. The number of amides is 1. The standard InChI is InChI=1S/C17H16F3N3O3S/c1-27(25,26)23-6-5-14-11(10-23)8-21-9-15(14)16(24)22-13-4-2-3-12(7-13)17(18,19)20/h2-4,7-9H,5-6,10H2,1H3,(H,22,24). The molecule has 0 fully saturated rings. The molecule has 0 saturated heterocycles. The summed E-state index contributed by atoms with van der Waals surface area (Å²) in [6, 6.07) is 4.34. The minimum Gasteiger partial charge on any atom is -0.322 e. The normalized spacial score (nSPS) is 15.3. The lowest BCUT2D eigenvalue weighted by atomic mass is 9.98. The molecule has 10 heteroatoms. The fourth-order valence-electron chi connectivity index (χ4n) is 2.92. The van der Waals surface area contributed by atoms with E-state index >= 15 is 0 Å². The third-order valence-electron chi connectivity index (χ3n) is 4.27. The molecule has 0 unspecified atom stereocenters. The molecular formula is C17H16F3N3O3S. The van der Waals surface area contributed by atoms with E-state index < -0.39 is 27.7 Å². The maximum atomic E-state index is 12.8. The minimum absolute atomic E-state index is 0.0148. The lowest BCUT2D eigenvalue weighted by Crippen LogP contribution is -2.36. The Morgan fingerprint density at radius 1 is 1.26 bits per heavy atom. The average molecular weight is 399 g/mol. The first kappa shape index (κ1) is 19.3. The van der Waals surface area contributed by atoms with Gasteiger partial charge in [0.2, 0.25) is 10.0 Å². The number of anilines is 1. The molecule has 0 atom stereocenters. The zero-order valence-electron chi connectivity index (χ0n) is 14.2. The van der Waals surface area contributed by atoms with Gasteiger partial charge in [0.25, 0.3) is 5.91 Å². The molecule has 0 bridgehead atoms. The van der Waals surface area contributed by atoms with Crippen molar-refractivity contribution in [2.24, 2.45) is 0 Å². The topological polar surface area (TPSA) is 79.4 Å². The quantitative estimate of drug-likeness (QED) is 0.861. The lowest BCUT2D eigenvalue weighted by molar-refractivity contribution is -0.137. The van der Waals surface area contributed by atoms with Gasteiger partial charge in [-0.2, -0.15) is 17.5 Å². The van der Waals surface area contributed by atoms with Crippen molar-refractivity contribution in [1.29, 1.82) is 0 Å². The molecule has 144 valence electrons. The number of hydrogen-bond donors (Lipinski definition) is 1. The van der Waals surface area contributed by atoms with E-state index in [4.69, 9.17) is 0 Å². The number of sulfonamides is 1. The highest BCUT2D eigenvalue weighted by Crippen LogP contribution is 2.31. The predicted molar refractivity (Wildman–Crippen MR) is 92.6 cm³/mol. The Labute approximate surface area is 154 Å². The Balaban J connectivity index is 1.85. The van der Waals surface area contributed by atoms with Gasteiger partial charge < -0.3 is 5.32 Å². The van der Waals surface area contributed by atoms with Gasteiger partial charge in [0.05, 0.1) is 17.4 Å². The van der Waals surface area contributed by atoms with E-state index in [1.54, 1.807) is 0 Å². The van der Waals surface area contributed by atoms with Crippen LogP contribution in [0.4, 0.5) is 18.9 Å². The molecule has 1 aromatic heterocycles. The number of halogens is 3. The predicted octanol–water partition coefficient (Wildman–Crippen LogP) is 2.67. The highest BCUT2D eigenvalue weighted by molar-refractivity contribution is 7.88. The Hall–Kier alpha value is -2.46. The fourth-order valence-corrected chi connectivity index (χ4v) is 3.71. The van der Waals surface area contributed by atoms with Crippen LogP contribution in [0.1, 0.15) is 27.0 Å². The number of pyridine rings is 1. The molecule has 2 heterocycles. The first-order chi connectivity index (χ1) is 12.6. The van der Waals surface area contributed by atoms with Gasteiger partial charge >= 0.3 is 6.18 Å². The zero-order valence-corrected chi connectivity index (χ0v) is 15.1. The maximum Gasteiger partial charge on any atom is 0.416 e. The molecule has 27 heavy (non-hydrogen) atoms. The van der Waals surface area contributed by atoms with Crippen molar-refractivity contribution in [2.75, 3.05) is 18.1 Å². The van der Waals surface area contributed by atoms with Crippen LogP contribution in [0.25, 0.3) is 0 Å². The van der Waals surface area contributed by atoms with Crippen molar-refractivity contribution in [2.45, 2.75) is 19.1 Å². The number of nitrogens with zero attached hydrogens (tertiary/aromatic N) is 2. The van der Waals surface area contributed by atoms with Crippen LogP contribution in [-0.2, 0) is 29.2 Å². The summed E-state index contributed by atoms with van der Waals surface area (Å²) in [5, 5.41) is 2.45. The van der Waals surface area contributed by atoms with E-state index in [1.807, 2.05) is 0 Å². The van der Waals surface area contributed by atoms with Crippen LogP contribution in [0.3, 0.4) is 0 Å². The second kappa shape index (κ2) is 6.93. The molecule has 1 amide bonds. The van der Waals surface area contributed by atoms with Crippen molar-refractivity contribution in [3.8, 4) is 0 Å². The monoisotopic (exact) mass is 399 g/mol. The summed E-state index contributed by atoms with van der Waals surface area (Å²) in [5.41, 5.74) is 0.620. The Morgan fingerprint density at radius 2 is 2.00 bits per heavy atom. The van der Waals surface area contributed by atoms with Gasteiger partial charge in [0, 0.05) is 31.2 Å². The third kappa shape index (κ3) is 4.28. The maximum absolute atomic E-state index is 12.8. The Kier molecular flexibility index (Phi) is 4.96. The zero-order chi connectivity index (χ0) is 19.8. The average Bonchev–Trinajstić information content (AvgIpc) is 2.59. The van der Waals surface area contributed by atoms with Crippen LogP contribution in [0.2, 0.25) is 0 Å². The molecule has 2 aromatic rings. The molecule has 0 saturated carbocycles. The first-order valence-corrected chi connectivity index (χ1v) is 9.80. The highest BCUT2D eigenvalue weighted by Gasteiger charge is 2.31. The van der Waals surface area contributed by atoms with Gasteiger partial charge in [-0.1, -0.05) is 6.07 Å². The summed E-state index contributed by atoms with van der Waals surface area (Å²) in [6.45, 7) is 0.325. The highest BCUT2D eigenvalue weighted by atomic mass is 32.2. The summed E-state index contributed by atoms with van der Waals surface area (Å²) < 4.78 is 63.1. The second-order valence-corrected chi connectivity index (χ2v) is 8.19. The lowest BCUT2D eigenvalue weighted by Gasteiger charge is -2.27. The van der Waals surface area contributed by atoms with Gasteiger partial charge in [0.15, 0.2) is 0 Å². The van der Waals surface area contributed by atoms with Crippen LogP contribution in [0, 0.1) is 0 Å². The fraction of sp³-hybridized carbons (Fsp3) is 0.294. The molecule has 6 nitrogen and oxygen atoms in total. The summed E-state index contributed by atoms with van der Waals surface area (Å²) >= 11 is 0. The summed E-state index contributed by atoms with van der Waals surface area (Å²) in [4.78, 5) is 16.5. The van der Waals surface area contributed by atoms with Gasteiger partial charge in [-0.3, -0.25) is 9.78 Å². The molecule has 1 N–H and O–H groups in total. The number of benzene rings is 1. The number of nitrogens with one attached hydrogen (secondary N) is 1. The largest absolute Gasteiger partial charge is 0.416 e. The second-order valence-electron chi connectivity index (χ2n) is 6.20. The van der Waals surface area contributed by atoms with Crippen molar-refractivity contribution < 1.29 is 26.4 Å². The number of aromatic nitrogens is 1. The van der Waals surface area contributed by atoms with Crippen LogP contribution in [-0.4, -0.2) is 36.4 Å². The number of hydrogen-bond acceptors (Lipinski definition) is 4. The van der Waals surface area contributed by atoms with Crippen molar-refractivity contribution in [3.05, 3.63) is 58.9 Å². The third-order valence-corrected chi connectivity index (χ3v) is 5.52. The van der Waals surface area contributed by atoms with Crippen molar-refractivity contribution >= 4 is 21.6 Å². The summed E-state index contributed by atoms with van der Waals surface area (Å²) in [5.74, 6) is -0.591. The summed E-state index contributed by atoms with van der Waals surface area (Å²) in [7, 11) is -3.37. The van der Waals surface area contributed by atoms with Crippen LogP contribution in [0.5, 0.6) is 0 Å². The van der Waals surface area contributed by atoms with Crippen molar-refractivity contribution in [3.63, 3.8) is 0 Å². The molecule has 1 aromatic carbocycles. The van der Waals surface area contributed by atoms with E-state index in [0.717, 1.165) is 18.4 Å². The Bertz CT molecular complexity index is 990. The molecule has 0 spiro atoms. The van der Waals surface area contributed by atoms with E-state index in [0.29, 0.717) is 17.5 Å². The number of alkyl halides is 3. The first-order valence-electron chi connectivity index (χ1n) is 7.95. The van der Waals surface area contributed by atoms with Crippen LogP contribution in [0.15, 0.2) is 36.7 Å². The Morgan fingerprint density at radius 3 is 2.67 bits per heavy atom. The molecule has 3 rings (SSSR count). The smallest absolute Gasteiger partial charge is 0.322 e. The van der Waals surface area contributed by atoms with Crippen molar-refractivity contribution in [1.82, 2.24) is 9.29 Å². The van der Waals surface area contributed by atoms with Gasteiger partial charge in [-0.15, -0.1) is 0 Å².